The molecule has 2 rings (SSSR count). The standard InChI is InChI=1S/C16H14N2O/c1-3-13-9-5-7-11-15(13)18(17-19)16-12-8-6-10-14(16)4-2/h3-12H,1-2H2. The van der Waals surface area contributed by atoms with Gasteiger partial charge in [0.2, 0.25) is 0 Å². The molecule has 0 unspecified atom stereocenters. The van der Waals surface area contributed by atoms with Gasteiger partial charge in [0, 0.05) is 0 Å². The van der Waals surface area contributed by atoms with Gasteiger partial charge in [-0.05, 0) is 23.3 Å². The van der Waals surface area contributed by atoms with E-state index in [4.69, 9.17) is 0 Å². The molecule has 0 N–H and O–H groups in total. The van der Waals surface area contributed by atoms with Crippen LogP contribution >= 0.6 is 0 Å². The maximum Gasteiger partial charge on any atom is 0.0757 e. The van der Waals surface area contributed by atoms with Crippen LogP contribution in [0.2, 0.25) is 0 Å². The zero-order chi connectivity index (χ0) is 13.7. The molecule has 0 fully saturated rings. The first-order chi connectivity index (χ1) is 9.31. The number of para-hydroxylation sites is 2. The van der Waals surface area contributed by atoms with E-state index in [1.807, 2.05) is 48.5 Å². The second-order valence-electron chi connectivity index (χ2n) is 3.92. The van der Waals surface area contributed by atoms with Crippen LogP contribution in [0.1, 0.15) is 11.1 Å². The number of hydrogen-bond donors (Lipinski definition) is 0. The highest BCUT2D eigenvalue weighted by Crippen LogP contribution is 2.32. The maximum atomic E-state index is 11.2. The number of nitrogens with zero attached hydrogens (tertiary/aromatic N) is 2. The molecule has 0 aliphatic heterocycles. The topological polar surface area (TPSA) is 32.7 Å². The van der Waals surface area contributed by atoms with Crippen LogP contribution in [0.5, 0.6) is 0 Å². The maximum absolute atomic E-state index is 11.2. The van der Waals surface area contributed by atoms with Crippen LogP contribution in [0, 0.1) is 4.91 Å². The Labute approximate surface area is 112 Å². The summed E-state index contributed by atoms with van der Waals surface area (Å²) in [5, 5.41) is 4.49. The Bertz CT molecular complexity index is 568. The zero-order valence-electron chi connectivity index (χ0n) is 10.5. The molecule has 0 aliphatic carbocycles. The second kappa shape index (κ2) is 5.78. The minimum atomic E-state index is 0.696. The lowest BCUT2D eigenvalue weighted by Gasteiger charge is -2.19. The summed E-state index contributed by atoms with van der Waals surface area (Å²) in [5.74, 6) is 0. The molecular weight excluding hydrogens is 236 g/mol. The molecule has 0 bridgehead atoms. The molecule has 0 atom stereocenters. The molecule has 0 aromatic heterocycles. The summed E-state index contributed by atoms with van der Waals surface area (Å²) in [4.78, 5) is 11.2. The summed E-state index contributed by atoms with van der Waals surface area (Å²) < 4.78 is 0. The minimum Gasteiger partial charge on any atom is -0.196 e. The van der Waals surface area contributed by atoms with Crippen molar-refractivity contribution in [1.82, 2.24) is 0 Å². The fourth-order valence-electron chi connectivity index (χ4n) is 1.92. The Balaban J connectivity index is 2.59. The highest BCUT2D eigenvalue weighted by atomic mass is 16.3. The Morgan fingerprint density at radius 3 is 1.63 bits per heavy atom. The van der Waals surface area contributed by atoms with E-state index in [9.17, 15) is 4.91 Å². The third-order valence-electron chi connectivity index (χ3n) is 2.85. The molecule has 0 saturated carbocycles. The molecule has 0 saturated heterocycles. The smallest absolute Gasteiger partial charge is 0.0757 e. The molecule has 2 aromatic rings. The first kappa shape index (κ1) is 12.8. The summed E-state index contributed by atoms with van der Waals surface area (Å²) in [5.41, 5.74) is 3.09. The van der Waals surface area contributed by atoms with Crippen LogP contribution in [0.4, 0.5) is 11.4 Å². The Morgan fingerprint density at radius 1 is 0.842 bits per heavy atom. The number of rotatable bonds is 5. The van der Waals surface area contributed by atoms with Gasteiger partial charge in [0.05, 0.1) is 16.7 Å². The van der Waals surface area contributed by atoms with Crippen molar-refractivity contribution in [3.05, 3.63) is 77.7 Å². The summed E-state index contributed by atoms with van der Waals surface area (Å²) in [6.45, 7) is 7.51. The molecule has 0 heterocycles. The van der Waals surface area contributed by atoms with Crippen molar-refractivity contribution in [3.8, 4) is 0 Å². The lowest BCUT2D eigenvalue weighted by Crippen LogP contribution is -2.10. The molecule has 3 heteroatoms. The Kier molecular flexibility index (Phi) is 3.88. The molecule has 19 heavy (non-hydrogen) atoms. The first-order valence-corrected chi connectivity index (χ1v) is 5.88. The highest BCUT2D eigenvalue weighted by Gasteiger charge is 2.14. The van der Waals surface area contributed by atoms with E-state index in [-0.39, 0.29) is 0 Å². The highest BCUT2D eigenvalue weighted by molar-refractivity contribution is 5.77. The number of benzene rings is 2. The van der Waals surface area contributed by atoms with Gasteiger partial charge in [-0.3, -0.25) is 0 Å². The predicted octanol–water partition coefficient (Wildman–Crippen LogP) is 4.79. The van der Waals surface area contributed by atoms with Crippen molar-refractivity contribution in [2.75, 3.05) is 5.01 Å². The van der Waals surface area contributed by atoms with Gasteiger partial charge in [0.1, 0.15) is 0 Å². The van der Waals surface area contributed by atoms with Gasteiger partial charge in [-0.1, -0.05) is 61.7 Å². The summed E-state index contributed by atoms with van der Waals surface area (Å²) in [6.07, 6.45) is 3.40. The lowest BCUT2D eigenvalue weighted by atomic mass is 10.1. The van der Waals surface area contributed by atoms with Crippen LogP contribution in [0.15, 0.2) is 67.0 Å². The molecular formula is C16H14N2O. The molecule has 0 spiro atoms. The van der Waals surface area contributed by atoms with Crippen molar-refractivity contribution >= 4 is 23.5 Å². The number of hydrogen-bond acceptors (Lipinski definition) is 2. The summed E-state index contributed by atoms with van der Waals surface area (Å²) in [7, 11) is 0. The minimum absolute atomic E-state index is 0.696. The largest absolute Gasteiger partial charge is 0.196 e. The Morgan fingerprint density at radius 2 is 1.26 bits per heavy atom. The van der Waals surface area contributed by atoms with Gasteiger partial charge in [-0.25, -0.2) is 0 Å². The van der Waals surface area contributed by atoms with Crippen LogP contribution in [-0.2, 0) is 0 Å². The third kappa shape index (κ3) is 2.45. The summed E-state index contributed by atoms with van der Waals surface area (Å²) >= 11 is 0. The molecule has 2 aromatic carbocycles. The molecule has 0 aliphatic rings. The van der Waals surface area contributed by atoms with Crippen LogP contribution in [0.25, 0.3) is 12.2 Å². The van der Waals surface area contributed by atoms with Gasteiger partial charge < -0.3 is 0 Å². The predicted molar refractivity (Wildman–Crippen MR) is 81.0 cm³/mol. The van der Waals surface area contributed by atoms with Crippen molar-refractivity contribution in [2.24, 2.45) is 5.29 Å². The number of nitroso groups, excluding NO2 is 1. The zero-order valence-corrected chi connectivity index (χ0v) is 10.5. The number of anilines is 2. The third-order valence-corrected chi connectivity index (χ3v) is 2.85. The van der Waals surface area contributed by atoms with E-state index in [1.165, 1.54) is 5.01 Å². The van der Waals surface area contributed by atoms with Gasteiger partial charge in [0.15, 0.2) is 0 Å². The van der Waals surface area contributed by atoms with Crippen molar-refractivity contribution < 1.29 is 0 Å². The fourth-order valence-corrected chi connectivity index (χ4v) is 1.92. The molecule has 0 amide bonds. The van der Waals surface area contributed by atoms with Crippen molar-refractivity contribution in [3.63, 3.8) is 0 Å². The monoisotopic (exact) mass is 250 g/mol. The Hall–Kier alpha value is -2.68. The van der Waals surface area contributed by atoms with Crippen LogP contribution in [-0.4, -0.2) is 0 Å². The van der Waals surface area contributed by atoms with E-state index in [1.54, 1.807) is 12.2 Å². The first-order valence-electron chi connectivity index (χ1n) is 5.88. The molecule has 0 radical (unpaired) electrons. The molecule has 3 nitrogen and oxygen atoms in total. The SMILES string of the molecule is C=Cc1ccccc1N(N=O)c1ccccc1C=C. The quantitative estimate of drug-likeness (QED) is 0.564. The van der Waals surface area contributed by atoms with E-state index in [0.717, 1.165) is 11.1 Å². The van der Waals surface area contributed by atoms with E-state index in [2.05, 4.69) is 18.4 Å². The van der Waals surface area contributed by atoms with Crippen molar-refractivity contribution in [2.45, 2.75) is 0 Å². The van der Waals surface area contributed by atoms with Crippen molar-refractivity contribution in [1.29, 1.82) is 0 Å². The van der Waals surface area contributed by atoms with Crippen LogP contribution in [0.3, 0.4) is 0 Å². The summed E-state index contributed by atoms with van der Waals surface area (Å²) in [6, 6.07) is 14.9. The van der Waals surface area contributed by atoms with Gasteiger partial charge in [-0.15, -0.1) is 4.91 Å². The fraction of sp³-hybridized carbons (Fsp3) is 0. The van der Waals surface area contributed by atoms with E-state index in [0.29, 0.717) is 11.4 Å². The average Bonchev–Trinajstić information content (AvgIpc) is 2.49. The van der Waals surface area contributed by atoms with E-state index >= 15 is 0 Å². The lowest BCUT2D eigenvalue weighted by molar-refractivity contribution is 1.06. The normalized spacial score (nSPS) is 9.68. The average molecular weight is 250 g/mol. The second-order valence-corrected chi connectivity index (χ2v) is 3.92. The van der Waals surface area contributed by atoms with Crippen LogP contribution < -0.4 is 5.01 Å². The van der Waals surface area contributed by atoms with Gasteiger partial charge in [-0.2, -0.15) is 5.01 Å². The van der Waals surface area contributed by atoms with E-state index < -0.39 is 0 Å². The molecule has 94 valence electrons. The van der Waals surface area contributed by atoms with Gasteiger partial charge in [0.25, 0.3) is 0 Å². The van der Waals surface area contributed by atoms with Gasteiger partial charge >= 0.3 is 0 Å².